The molecule has 7 aromatic rings. The van der Waals surface area contributed by atoms with Crippen molar-refractivity contribution in [1.29, 1.82) is 0 Å². The van der Waals surface area contributed by atoms with Gasteiger partial charge in [0.15, 0.2) is 5.01 Å². The van der Waals surface area contributed by atoms with Gasteiger partial charge in [-0.05, 0) is 125 Å². The first-order valence-corrected chi connectivity index (χ1v) is 24.9. The minimum atomic E-state index is -2.00. The smallest absolute Gasteiger partial charge is 0.380 e. The number of carbonyl (C=O) groups excluding carboxylic acids is 2. The quantitative estimate of drug-likeness (QED) is 0.0347. The van der Waals surface area contributed by atoms with Crippen LogP contribution in [0.1, 0.15) is 36.8 Å². The molecular weight excluding hydrogens is 917 g/mol. The van der Waals surface area contributed by atoms with Crippen LogP contribution in [0, 0.1) is 16.0 Å². The van der Waals surface area contributed by atoms with E-state index in [1.165, 1.54) is 33.6 Å². The van der Waals surface area contributed by atoms with Crippen LogP contribution >= 0.6 is 22.7 Å². The molecule has 0 N–H and O–H groups in total. The first-order chi connectivity index (χ1) is 33.7. The third kappa shape index (κ3) is 10.9. The summed E-state index contributed by atoms with van der Waals surface area (Å²) in [5, 5.41) is 12.6. The van der Waals surface area contributed by atoms with E-state index in [2.05, 4.69) is 19.8 Å². The van der Waals surface area contributed by atoms with Crippen LogP contribution in [-0.4, -0.2) is 119 Å². The second-order valence-electron chi connectivity index (χ2n) is 17.0. The number of ether oxygens (including phenoxy) is 4. The Morgan fingerprint density at radius 2 is 1.46 bits per heavy atom. The van der Waals surface area contributed by atoms with Gasteiger partial charge in [-0.2, -0.15) is 0 Å². The highest BCUT2D eigenvalue weighted by Crippen LogP contribution is 2.40. The standard InChI is InChI=1S/C51H54N8O8S2/c1-3-64-49(61)51(48-53-41-10-4-6-13-44(41)68-48,67-40-17-15-36(16-18-40)23-29-56-27-9-28-58(33-32-56)46-43(59(62)63)12-8-26-52-46)55(2)47(60)37-24-30-57(31-25-37)34-35-65-38-19-21-39(22-20-38)66-50-54-42-11-5-7-14-45(42)69-50/h4-8,10-22,26,37H,3,9,23-25,27-35H2,1-2H3. The Morgan fingerprint density at radius 1 is 0.783 bits per heavy atom. The maximum atomic E-state index is 14.7. The van der Waals surface area contributed by atoms with Crippen molar-refractivity contribution in [2.75, 3.05) is 77.5 Å². The number of esters is 1. The first-order valence-electron chi connectivity index (χ1n) is 23.3. The predicted octanol–water partition coefficient (Wildman–Crippen LogP) is 8.80. The van der Waals surface area contributed by atoms with Crippen molar-refractivity contribution in [3.63, 3.8) is 0 Å². The van der Waals surface area contributed by atoms with Crippen molar-refractivity contribution in [3.8, 4) is 22.4 Å². The van der Waals surface area contributed by atoms with Crippen molar-refractivity contribution < 1.29 is 33.5 Å². The number of nitrogens with zero attached hydrogens (tertiary/aromatic N) is 8. The van der Waals surface area contributed by atoms with Crippen LogP contribution in [0.3, 0.4) is 0 Å². The molecule has 0 radical (unpaired) electrons. The number of fused-ring (bicyclic) bond motifs is 2. The number of rotatable bonds is 18. The molecule has 69 heavy (non-hydrogen) atoms. The Balaban J connectivity index is 0.829. The largest absolute Gasteiger partial charge is 0.492 e. The average molecular weight is 971 g/mol. The number of hydrogen-bond donors (Lipinski definition) is 0. The number of likely N-dealkylation sites (tertiary alicyclic amines) is 1. The van der Waals surface area contributed by atoms with Crippen LogP contribution in [0.15, 0.2) is 115 Å². The van der Waals surface area contributed by atoms with Crippen molar-refractivity contribution in [2.24, 2.45) is 5.92 Å². The van der Waals surface area contributed by atoms with E-state index in [0.29, 0.717) is 85.2 Å². The van der Waals surface area contributed by atoms with Gasteiger partial charge in [-0.1, -0.05) is 47.7 Å². The number of thiazole rings is 2. The highest BCUT2D eigenvalue weighted by atomic mass is 32.1. The van der Waals surface area contributed by atoms with Crippen molar-refractivity contribution in [1.82, 2.24) is 29.7 Å². The lowest BCUT2D eigenvalue weighted by atomic mass is 9.94. The second-order valence-corrected chi connectivity index (χ2v) is 19.0. The molecule has 0 saturated carbocycles. The van der Waals surface area contributed by atoms with Gasteiger partial charge in [-0.15, -0.1) is 11.3 Å². The van der Waals surface area contributed by atoms with E-state index in [9.17, 15) is 19.7 Å². The number of para-hydroxylation sites is 2. The first kappa shape index (κ1) is 47.3. The third-order valence-electron chi connectivity index (χ3n) is 12.6. The number of amides is 1. The van der Waals surface area contributed by atoms with Crippen molar-refractivity contribution in [3.05, 3.63) is 136 Å². The topological polar surface area (TPSA) is 166 Å². The summed E-state index contributed by atoms with van der Waals surface area (Å²) < 4.78 is 26.6. The van der Waals surface area contributed by atoms with Crippen LogP contribution in [0.2, 0.25) is 0 Å². The molecule has 18 heteroatoms. The van der Waals surface area contributed by atoms with E-state index >= 15 is 0 Å². The summed E-state index contributed by atoms with van der Waals surface area (Å²) in [6, 6.07) is 33.7. The molecular formula is C51H54N8O8S2. The zero-order chi connectivity index (χ0) is 47.7. The normalized spacial score (nSPS) is 15.9. The molecule has 2 saturated heterocycles. The molecule has 9 rings (SSSR count). The Bertz CT molecular complexity index is 2810. The lowest BCUT2D eigenvalue weighted by molar-refractivity contribution is -0.384. The van der Waals surface area contributed by atoms with Gasteiger partial charge in [-0.3, -0.25) is 24.7 Å². The molecule has 2 aliphatic heterocycles. The Hall–Kier alpha value is -6.73. The van der Waals surface area contributed by atoms with Gasteiger partial charge >= 0.3 is 17.4 Å². The molecule has 1 amide bonds. The summed E-state index contributed by atoms with van der Waals surface area (Å²) in [4.78, 5) is 62.3. The monoisotopic (exact) mass is 970 g/mol. The SMILES string of the molecule is CCOC(=O)C(Oc1ccc(CCN2CCCN(c3ncccc3[N+](=O)[O-])CC2)cc1)(c1nc2ccccc2s1)N(C)C(=O)C1CCN(CCOc2ccc(Oc3nc4ccccc4s3)cc2)CC1. The molecule has 0 bridgehead atoms. The van der Waals surface area contributed by atoms with Gasteiger partial charge in [0.05, 0.1) is 32.0 Å². The van der Waals surface area contributed by atoms with E-state index in [4.69, 9.17) is 23.9 Å². The minimum absolute atomic E-state index is 0.0192. The maximum absolute atomic E-state index is 14.7. The number of benzene rings is 4. The lowest BCUT2D eigenvalue weighted by Crippen LogP contribution is -2.59. The Morgan fingerprint density at radius 3 is 2.17 bits per heavy atom. The fourth-order valence-corrected chi connectivity index (χ4v) is 10.8. The Labute approximate surface area is 408 Å². The van der Waals surface area contributed by atoms with E-state index in [1.54, 1.807) is 26.2 Å². The van der Waals surface area contributed by atoms with Gasteiger partial charge in [-0.25, -0.2) is 19.7 Å². The molecule has 5 heterocycles. The third-order valence-corrected chi connectivity index (χ3v) is 14.7. The molecule has 2 aliphatic rings. The zero-order valence-corrected chi connectivity index (χ0v) is 40.2. The summed E-state index contributed by atoms with van der Waals surface area (Å²) in [6.45, 7) is 8.04. The second kappa shape index (κ2) is 21.7. The van der Waals surface area contributed by atoms with Crippen LogP contribution < -0.4 is 19.1 Å². The van der Waals surface area contributed by atoms with E-state index < -0.39 is 11.7 Å². The van der Waals surface area contributed by atoms with Crippen LogP contribution in [0.4, 0.5) is 11.5 Å². The molecule has 4 aromatic carbocycles. The molecule has 1 unspecified atom stereocenters. The number of likely N-dealkylation sites (N-methyl/N-ethyl adjacent to an activating group) is 1. The van der Waals surface area contributed by atoms with Crippen LogP contribution in [-0.2, 0) is 26.5 Å². The summed E-state index contributed by atoms with van der Waals surface area (Å²) in [7, 11) is 1.61. The highest BCUT2D eigenvalue weighted by Gasteiger charge is 2.55. The van der Waals surface area contributed by atoms with Gasteiger partial charge in [0.25, 0.3) is 5.19 Å². The molecule has 358 valence electrons. The van der Waals surface area contributed by atoms with Crippen LogP contribution in [0.25, 0.3) is 20.4 Å². The predicted molar refractivity (Wildman–Crippen MR) is 266 cm³/mol. The van der Waals surface area contributed by atoms with Gasteiger partial charge in [0.1, 0.15) is 23.9 Å². The number of anilines is 1. The molecule has 1 atom stereocenters. The number of aromatic nitrogens is 3. The van der Waals surface area contributed by atoms with Gasteiger partial charge < -0.3 is 28.7 Å². The summed E-state index contributed by atoms with van der Waals surface area (Å²) in [6.07, 6.45) is 4.38. The van der Waals surface area contributed by atoms with Crippen molar-refractivity contribution in [2.45, 2.75) is 38.3 Å². The fourth-order valence-electron chi connectivity index (χ4n) is 8.86. The number of piperidine rings is 1. The maximum Gasteiger partial charge on any atom is 0.380 e. The highest BCUT2D eigenvalue weighted by molar-refractivity contribution is 7.20. The van der Waals surface area contributed by atoms with E-state index in [0.717, 1.165) is 58.7 Å². The average Bonchev–Trinajstić information content (AvgIpc) is 3.93. The molecule has 16 nitrogen and oxygen atoms in total. The zero-order valence-electron chi connectivity index (χ0n) is 38.6. The minimum Gasteiger partial charge on any atom is -0.492 e. The van der Waals surface area contributed by atoms with Gasteiger partial charge in [0.2, 0.25) is 11.7 Å². The molecule has 2 fully saturated rings. The fraction of sp³-hybridized carbons (Fsp3) is 0.353. The summed E-state index contributed by atoms with van der Waals surface area (Å²) >= 11 is 2.80. The number of carbonyl (C=O) groups is 2. The lowest BCUT2D eigenvalue weighted by Gasteiger charge is -2.40. The molecule has 3 aromatic heterocycles. The van der Waals surface area contributed by atoms with Crippen molar-refractivity contribution >= 4 is 66.5 Å². The molecule has 0 aliphatic carbocycles. The summed E-state index contributed by atoms with van der Waals surface area (Å²) in [5.74, 6) is 0.901. The molecule has 0 spiro atoms. The van der Waals surface area contributed by atoms with E-state index in [1.807, 2.05) is 102 Å². The number of nitro groups is 1. The number of pyridine rings is 1. The Kier molecular flexibility index (Phi) is 14.9. The van der Waals surface area contributed by atoms with Gasteiger partial charge in [0, 0.05) is 58.0 Å². The number of hydrogen-bond acceptors (Lipinski definition) is 16. The van der Waals surface area contributed by atoms with Crippen LogP contribution in [0.5, 0.6) is 22.4 Å². The summed E-state index contributed by atoms with van der Waals surface area (Å²) in [5.41, 5.74) is 0.679. The van der Waals surface area contributed by atoms with E-state index in [-0.39, 0.29) is 29.0 Å².